The maximum absolute atomic E-state index is 4.46. The number of rotatable bonds is 4. The molecule has 2 fully saturated rings. The standard InChI is InChI=1S/C16H28N6.HI/c1-17-16(18-6-10-21-7-3-4-8-21)22-9-5-14(13-22)15-11-19-20(2)12-15;/h11-12,14H,3-10,13H2,1-2H3,(H,17,18);1H. The van der Waals surface area contributed by atoms with Crippen LogP contribution in [0.3, 0.4) is 0 Å². The van der Waals surface area contributed by atoms with Gasteiger partial charge >= 0.3 is 0 Å². The molecule has 1 N–H and O–H groups in total. The van der Waals surface area contributed by atoms with Crippen LogP contribution in [0.1, 0.15) is 30.7 Å². The van der Waals surface area contributed by atoms with Crippen molar-refractivity contribution in [1.82, 2.24) is 24.9 Å². The molecule has 2 aliphatic rings. The van der Waals surface area contributed by atoms with Crippen LogP contribution in [0.4, 0.5) is 0 Å². The van der Waals surface area contributed by atoms with Crippen molar-refractivity contribution in [3.8, 4) is 0 Å². The second-order valence-corrected chi connectivity index (χ2v) is 6.40. The van der Waals surface area contributed by atoms with Gasteiger partial charge in [0.1, 0.15) is 0 Å². The number of nitrogens with one attached hydrogen (secondary N) is 1. The lowest BCUT2D eigenvalue weighted by Crippen LogP contribution is -2.42. The van der Waals surface area contributed by atoms with E-state index in [-0.39, 0.29) is 24.0 Å². The van der Waals surface area contributed by atoms with Crippen LogP contribution >= 0.6 is 24.0 Å². The van der Waals surface area contributed by atoms with E-state index in [0.717, 1.165) is 32.1 Å². The summed E-state index contributed by atoms with van der Waals surface area (Å²) in [7, 11) is 3.87. The van der Waals surface area contributed by atoms with Gasteiger partial charge in [-0.3, -0.25) is 9.67 Å². The van der Waals surface area contributed by atoms with E-state index in [4.69, 9.17) is 0 Å². The van der Waals surface area contributed by atoms with E-state index in [1.807, 2.05) is 25.0 Å². The zero-order valence-corrected chi connectivity index (χ0v) is 16.6. The highest BCUT2D eigenvalue weighted by molar-refractivity contribution is 14.0. The number of aliphatic imine (C=N–C) groups is 1. The highest BCUT2D eigenvalue weighted by Gasteiger charge is 2.26. The molecule has 0 aromatic carbocycles. The average molecular weight is 432 g/mol. The smallest absolute Gasteiger partial charge is 0.193 e. The van der Waals surface area contributed by atoms with Gasteiger partial charge in [0.25, 0.3) is 0 Å². The molecule has 23 heavy (non-hydrogen) atoms. The molecule has 7 heteroatoms. The number of nitrogens with zero attached hydrogens (tertiary/aromatic N) is 5. The zero-order valence-electron chi connectivity index (χ0n) is 14.2. The van der Waals surface area contributed by atoms with Gasteiger partial charge in [0.2, 0.25) is 0 Å². The molecule has 1 aromatic rings. The van der Waals surface area contributed by atoms with Crippen molar-refractivity contribution in [3.63, 3.8) is 0 Å². The molecule has 2 aliphatic heterocycles. The fourth-order valence-corrected chi connectivity index (χ4v) is 3.54. The first-order valence-corrected chi connectivity index (χ1v) is 8.43. The summed E-state index contributed by atoms with van der Waals surface area (Å²) < 4.78 is 1.89. The molecular weight excluding hydrogens is 403 g/mol. The van der Waals surface area contributed by atoms with E-state index in [9.17, 15) is 0 Å². The van der Waals surface area contributed by atoms with Crippen molar-refractivity contribution in [2.75, 3.05) is 46.3 Å². The Morgan fingerprint density at radius 1 is 1.35 bits per heavy atom. The van der Waals surface area contributed by atoms with Crippen molar-refractivity contribution in [1.29, 1.82) is 0 Å². The minimum atomic E-state index is 0. The Labute approximate surface area is 156 Å². The van der Waals surface area contributed by atoms with Crippen LogP contribution in [-0.2, 0) is 7.05 Å². The summed E-state index contributed by atoms with van der Waals surface area (Å²) >= 11 is 0. The monoisotopic (exact) mass is 432 g/mol. The van der Waals surface area contributed by atoms with Gasteiger partial charge in [0.15, 0.2) is 5.96 Å². The number of halogens is 1. The molecule has 0 bridgehead atoms. The fraction of sp³-hybridized carbons (Fsp3) is 0.750. The van der Waals surface area contributed by atoms with Crippen LogP contribution < -0.4 is 5.32 Å². The van der Waals surface area contributed by atoms with E-state index in [2.05, 4.69) is 31.4 Å². The number of likely N-dealkylation sites (tertiary alicyclic amines) is 2. The normalized spacial score (nSPS) is 22.4. The molecule has 0 amide bonds. The Morgan fingerprint density at radius 3 is 2.78 bits per heavy atom. The summed E-state index contributed by atoms with van der Waals surface area (Å²) in [6.07, 6.45) is 8.02. The largest absolute Gasteiger partial charge is 0.355 e. The van der Waals surface area contributed by atoms with Gasteiger partial charge in [0.05, 0.1) is 6.20 Å². The lowest BCUT2D eigenvalue weighted by molar-refractivity contribution is 0.340. The van der Waals surface area contributed by atoms with Crippen molar-refractivity contribution < 1.29 is 0 Å². The molecule has 0 saturated carbocycles. The van der Waals surface area contributed by atoms with Crippen molar-refractivity contribution in [2.24, 2.45) is 12.0 Å². The molecule has 6 nitrogen and oxygen atoms in total. The zero-order chi connectivity index (χ0) is 15.4. The van der Waals surface area contributed by atoms with Gasteiger partial charge in [-0.1, -0.05) is 0 Å². The molecule has 3 heterocycles. The number of aromatic nitrogens is 2. The summed E-state index contributed by atoms with van der Waals surface area (Å²) in [6, 6.07) is 0. The Morgan fingerprint density at radius 2 is 2.13 bits per heavy atom. The van der Waals surface area contributed by atoms with Crippen LogP contribution in [0.15, 0.2) is 17.4 Å². The number of hydrogen-bond donors (Lipinski definition) is 1. The first kappa shape index (κ1) is 18.5. The minimum Gasteiger partial charge on any atom is -0.355 e. The maximum atomic E-state index is 4.46. The second-order valence-electron chi connectivity index (χ2n) is 6.40. The highest BCUT2D eigenvalue weighted by Crippen LogP contribution is 2.26. The van der Waals surface area contributed by atoms with Crippen molar-refractivity contribution >= 4 is 29.9 Å². The summed E-state index contributed by atoms with van der Waals surface area (Å²) in [5.41, 5.74) is 1.34. The summed E-state index contributed by atoms with van der Waals surface area (Å²) in [4.78, 5) is 9.37. The Bertz CT molecular complexity index is 508. The van der Waals surface area contributed by atoms with Crippen LogP contribution in [0.2, 0.25) is 0 Å². The van der Waals surface area contributed by atoms with E-state index >= 15 is 0 Å². The molecule has 0 spiro atoms. The van der Waals surface area contributed by atoms with Crippen LogP contribution in [0, 0.1) is 0 Å². The number of guanidine groups is 1. The Balaban J connectivity index is 0.00000192. The summed E-state index contributed by atoms with van der Waals surface area (Å²) in [6.45, 7) is 6.73. The highest BCUT2D eigenvalue weighted by atomic mass is 127. The van der Waals surface area contributed by atoms with Crippen LogP contribution in [0.25, 0.3) is 0 Å². The Hall–Kier alpha value is -0.830. The van der Waals surface area contributed by atoms with Gasteiger partial charge in [0, 0.05) is 52.4 Å². The van der Waals surface area contributed by atoms with Gasteiger partial charge in [-0.25, -0.2) is 0 Å². The van der Waals surface area contributed by atoms with Crippen LogP contribution in [-0.4, -0.2) is 71.9 Å². The molecule has 2 saturated heterocycles. The van der Waals surface area contributed by atoms with Crippen molar-refractivity contribution in [2.45, 2.75) is 25.2 Å². The molecule has 3 rings (SSSR count). The third-order valence-corrected chi connectivity index (χ3v) is 4.81. The topological polar surface area (TPSA) is 48.7 Å². The molecule has 0 aliphatic carbocycles. The lowest BCUT2D eigenvalue weighted by atomic mass is 10.0. The van der Waals surface area contributed by atoms with E-state index in [1.165, 1.54) is 37.9 Å². The third-order valence-electron chi connectivity index (χ3n) is 4.81. The van der Waals surface area contributed by atoms with Gasteiger partial charge in [-0.05, 0) is 37.9 Å². The van der Waals surface area contributed by atoms with E-state index < -0.39 is 0 Å². The van der Waals surface area contributed by atoms with Gasteiger partial charge in [-0.2, -0.15) is 5.10 Å². The van der Waals surface area contributed by atoms with Crippen LogP contribution in [0.5, 0.6) is 0 Å². The minimum absolute atomic E-state index is 0. The Kier molecular flexibility index (Phi) is 7.13. The predicted octanol–water partition coefficient (Wildman–Crippen LogP) is 1.50. The summed E-state index contributed by atoms with van der Waals surface area (Å²) in [5, 5.41) is 7.82. The van der Waals surface area contributed by atoms with Gasteiger partial charge in [-0.15, -0.1) is 24.0 Å². The summed E-state index contributed by atoms with van der Waals surface area (Å²) in [5.74, 6) is 1.62. The molecular formula is C16H29IN6. The SMILES string of the molecule is CN=C(NCCN1CCCC1)N1CCC(c2cnn(C)c2)C1.I. The van der Waals surface area contributed by atoms with Gasteiger partial charge < -0.3 is 15.1 Å². The van der Waals surface area contributed by atoms with E-state index in [1.54, 1.807) is 0 Å². The number of hydrogen-bond acceptors (Lipinski definition) is 3. The fourth-order valence-electron chi connectivity index (χ4n) is 3.54. The second kappa shape index (κ2) is 8.86. The first-order chi connectivity index (χ1) is 10.8. The average Bonchev–Trinajstić information content (AvgIpc) is 3.24. The third kappa shape index (κ3) is 4.82. The lowest BCUT2D eigenvalue weighted by Gasteiger charge is -2.23. The molecule has 130 valence electrons. The number of aryl methyl sites for hydroxylation is 1. The van der Waals surface area contributed by atoms with Crippen molar-refractivity contribution in [3.05, 3.63) is 18.0 Å². The quantitative estimate of drug-likeness (QED) is 0.445. The molecule has 1 atom stereocenters. The maximum Gasteiger partial charge on any atom is 0.193 e. The molecule has 1 aromatic heterocycles. The molecule has 1 unspecified atom stereocenters. The molecule has 0 radical (unpaired) electrons. The first-order valence-electron chi connectivity index (χ1n) is 8.43. The predicted molar refractivity (Wildman–Crippen MR) is 105 cm³/mol. The van der Waals surface area contributed by atoms with E-state index in [0.29, 0.717) is 5.92 Å².